The van der Waals surface area contributed by atoms with Crippen LogP contribution in [0.25, 0.3) is 0 Å². The maximum Gasteiger partial charge on any atom is 0.241 e. The van der Waals surface area contributed by atoms with Crippen LogP contribution < -0.4 is 14.2 Å². The van der Waals surface area contributed by atoms with Gasteiger partial charge in [0, 0.05) is 12.0 Å². The first-order valence-electron chi connectivity index (χ1n) is 9.85. The molecule has 0 bridgehead atoms. The summed E-state index contributed by atoms with van der Waals surface area (Å²) in [5, 5.41) is 0. The number of rotatable bonds is 7. The minimum Gasteiger partial charge on any atom is -0.496 e. The molecule has 1 heterocycles. The molecule has 0 aromatic heterocycles. The Morgan fingerprint density at radius 1 is 1.14 bits per heavy atom. The van der Waals surface area contributed by atoms with E-state index in [1.54, 1.807) is 25.3 Å². The van der Waals surface area contributed by atoms with Crippen LogP contribution in [-0.2, 0) is 16.4 Å². The highest BCUT2D eigenvalue weighted by atomic mass is 32.2. The van der Waals surface area contributed by atoms with Crippen LogP contribution in [0, 0.1) is 0 Å². The van der Waals surface area contributed by atoms with Crippen molar-refractivity contribution in [3.8, 4) is 11.5 Å². The Balaban J connectivity index is 1.97. The van der Waals surface area contributed by atoms with Crippen LogP contribution in [-0.4, -0.2) is 21.1 Å². The molecule has 152 valence electrons. The molecular weight excluding hydrogens is 374 g/mol. The van der Waals surface area contributed by atoms with Gasteiger partial charge in [-0.05, 0) is 49.1 Å². The van der Waals surface area contributed by atoms with Crippen molar-refractivity contribution in [1.29, 1.82) is 0 Å². The molecule has 0 fully saturated rings. The van der Waals surface area contributed by atoms with Crippen molar-refractivity contribution >= 4 is 10.0 Å². The lowest BCUT2D eigenvalue weighted by Gasteiger charge is -2.41. The highest BCUT2D eigenvalue weighted by Crippen LogP contribution is 2.43. The van der Waals surface area contributed by atoms with Crippen LogP contribution in [0.15, 0.2) is 47.4 Å². The first kappa shape index (κ1) is 20.7. The first-order valence-corrected chi connectivity index (χ1v) is 11.3. The van der Waals surface area contributed by atoms with Crippen LogP contribution in [0.1, 0.15) is 57.2 Å². The predicted octanol–water partition coefficient (Wildman–Crippen LogP) is 4.62. The number of hydrogen-bond acceptors (Lipinski definition) is 4. The number of fused-ring (bicyclic) bond motifs is 1. The summed E-state index contributed by atoms with van der Waals surface area (Å²) in [5.41, 5.74) is 1.39. The van der Waals surface area contributed by atoms with E-state index in [0.717, 1.165) is 29.7 Å². The summed E-state index contributed by atoms with van der Waals surface area (Å²) in [7, 11) is -2.10. The van der Waals surface area contributed by atoms with E-state index in [1.807, 2.05) is 31.2 Å². The van der Waals surface area contributed by atoms with Crippen molar-refractivity contribution in [2.75, 3.05) is 7.11 Å². The fourth-order valence-corrected chi connectivity index (χ4v) is 5.13. The smallest absolute Gasteiger partial charge is 0.241 e. The van der Waals surface area contributed by atoms with E-state index in [1.165, 1.54) is 0 Å². The summed E-state index contributed by atoms with van der Waals surface area (Å²) in [6, 6.07) is 12.4. The van der Waals surface area contributed by atoms with Gasteiger partial charge in [-0.25, -0.2) is 13.1 Å². The Labute approximate surface area is 168 Å². The van der Waals surface area contributed by atoms with Crippen molar-refractivity contribution in [2.24, 2.45) is 0 Å². The molecule has 1 atom stereocenters. The minimum atomic E-state index is -3.69. The third-order valence-electron chi connectivity index (χ3n) is 5.73. The van der Waals surface area contributed by atoms with Gasteiger partial charge < -0.3 is 9.47 Å². The quantitative estimate of drug-likeness (QED) is 0.733. The maximum absolute atomic E-state index is 13.2. The van der Waals surface area contributed by atoms with E-state index in [0.29, 0.717) is 18.6 Å². The molecule has 0 saturated carbocycles. The third-order valence-corrected chi connectivity index (χ3v) is 7.20. The molecule has 0 aliphatic carbocycles. The van der Waals surface area contributed by atoms with Crippen molar-refractivity contribution in [2.45, 2.75) is 63.0 Å². The van der Waals surface area contributed by atoms with Gasteiger partial charge in [0.25, 0.3) is 0 Å². The Kier molecular flexibility index (Phi) is 6.01. The summed E-state index contributed by atoms with van der Waals surface area (Å²) in [4.78, 5) is 0.257. The molecule has 5 nitrogen and oxygen atoms in total. The average molecular weight is 404 g/mol. The number of sulfonamides is 1. The lowest BCUT2D eigenvalue weighted by atomic mass is 9.84. The largest absolute Gasteiger partial charge is 0.496 e. The molecule has 28 heavy (non-hydrogen) atoms. The van der Waals surface area contributed by atoms with Gasteiger partial charge in [0.05, 0.1) is 18.0 Å². The number of aryl methyl sites for hydroxylation is 1. The van der Waals surface area contributed by atoms with Gasteiger partial charge in [-0.3, -0.25) is 0 Å². The lowest BCUT2D eigenvalue weighted by molar-refractivity contribution is 0.0260. The van der Waals surface area contributed by atoms with Gasteiger partial charge in [-0.15, -0.1) is 0 Å². The van der Waals surface area contributed by atoms with Gasteiger partial charge >= 0.3 is 0 Å². The fourth-order valence-electron chi connectivity index (χ4n) is 3.86. The second-order valence-corrected chi connectivity index (χ2v) is 8.95. The molecule has 0 amide bonds. The molecule has 1 aliphatic heterocycles. The molecule has 0 spiro atoms. The summed E-state index contributed by atoms with van der Waals surface area (Å²) in [5.74, 6) is 1.46. The second-order valence-electron chi connectivity index (χ2n) is 7.24. The Bertz CT molecular complexity index is 935. The molecule has 1 unspecified atom stereocenters. The third kappa shape index (κ3) is 3.89. The fraction of sp³-hybridized carbons (Fsp3) is 0.455. The van der Waals surface area contributed by atoms with Crippen LogP contribution in [0.3, 0.4) is 0 Å². The zero-order valence-electron chi connectivity index (χ0n) is 17.0. The number of benzene rings is 2. The standard InChI is InChI=1S/C22H29NO4S/c1-5-16-14-17(12-13-20(16)26-4)28(24,25)23-19-15-22(6-2,7-3)27-21-11-9-8-10-18(19)21/h8-14,19,23H,5-7,15H2,1-4H3. The molecule has 0 radical (unpaired) electrons. The van der Waals surface area contributed by atoms with E-state index < -0.39 is 10.0 Å². The summed E-state index contributed by atoms with van der Waals surface area (Å²) < 4.78 is 40.9. The van der Waals surface area contributed by atoms with Crippen LogP contribution in [0.5, 0.6) is 11.5 Å². The number of hydrogen-bond donors (Lipinski definition) is 1. The molecule has 1 N–H and O–H groups in total. The number of methoxy groups -OCH3 is 1. The van der Waals surface area contributed by atoms with Crippen molar-refractivity contribution in [3.63, 3.8) is 0 Å². The predicted molar refractivity (Wildman–Crippen MR) is 110 cm³/mol. The Morgan fingerprint density at radius 2 is 1.86 bits per heavy atom. The van der Waals surface area contributed by atoms with E-state index in [4.69, 9.17) is 9.47 Å². The van der Waals surface area contributed by atoms with Crippen LogP contribution in [0.2, 0.25) is 0 Å². The molecule has 2 aromatic rings. The van der Waals surface area contributed by atoms with Gasteiger partial charge in [0.1, 0.15) is 17.1 Å². The highest BCUT2D eigenvalue weighted by molar-refractivity contribution is 7.89. The number of para-hydroxylation sites is 1. The number of nitrogens with one attached hydrogen (secondary N) is 1. The van der Waals surface area contributed by atoms with E-state index >= 15 is 0 Å². The molecule has 0 saturated heterocycles. The SMILES string of the molecule is CCc1cc(S(=O)(=O)NC2CC(CC)(CC)Oc3ccccc32)ccc1OC. The topological polar surface area (TPSA) is 64.6 Å². The van der Waals surface area contributed by atoms with Gasteiger partial charge in [0.15, 0.2) is 0 Å². The Morgan fingerprint density at radius 3 is 2.50 bits per heavy atom. The minimum absolute atomic E-state index is 0.257. The van der Waals surface area contributed by atoms with E-state index in [9.17, 15) is 8.42 Å². The van der Waals surface area contributed by atoms with E-state index in [-0.39, 0.29) is 16.5 Å². The molecule has 2 aromatic carbocycles. The Hall–Kier alpha value is -2.05. The van der Waals surface area contributed by atoms with E-state index in [2.05, 4.69) is 18.6 Å². The maximum atomic E-state index is 13.2. The van der Waals surface area contributed by atoms with Gasteiger partial charge in [0.2, 0.25) is 10.0 Å². The zero-order valence-corrected chi connectivity index (χ0v) is 17.8. The van der Waals surface area contributed by atoms with Crippen molar-refractivity contribution < 1.29 is 17.9 Å². The molecule has 1 aliphatic rings. The monoisotopic (exact) mass is 403 g/mol. The first-order chi connectivity index (χ1) is 13.4. The van der Waals surface area contributed by atoms with Crippen molar-refractivity contribution in [3.05, 3.63) is 53.6 Å². The highest BCUT2D eigenvalue weighted by Gasteiger charge is 2.40. The summed E-state index contributed by atoms with van der Waals surface area (Å²) in [6.45, 7) is 6.15. The second kappa shape index (κ2) is 8.13. The van der Waals surface area contributed by atoms with Gasteiger partial charge in [-0.1, -0.05) is 39.0 Å². The lowest BCUT2D eigenvalue weighted by Crippen LogP contribution is -2.44. The van der Waals surface area contributed by atoms with Crippen LogP contribution in [0.4, 0.5) is 0 Å². The summed E-state index contributed by atoms with van der Waals surface area (Å²) in [6.07, 6.45) is 2.94. The average Bonchev–Trinajstić information content (AvgIpc) is 2.72. The molecular formula is C22H29NO4S. The molecule has 3 rings (SSSR count). The zero-order chi connectivity index (χ0) is 20.4. The summed E-state index contributed by atoms with van der Waals surface area (Å²) >= 11 is 0. The van der Waals surface area contributed by atoms with Crippen LogP contribution >= 0.6 is 0 Å². The molecule has 6 heteroatoms. The van der Waals surface area contributed by atoms with Crippen molar-refractivity contribution in [1.82, 2.24) is 4.72 Å². The normalized spacial score (nSPS) is 18.2. The van der Waals surface area contributed by atoms with Gasteiger partial charge in [-0.2, -0.15) is 0 Å². The number of ether oxygens (including phenoxy) is 2.